The molecule has 0 radical (unpaired) electrons. The molecular formula is C17H25ClN2O3. The molecule has 1 amide bonds. The first-order valence-corrected chi connectivity index (χ1v) is 7.97. The number of hydrogen-bond acceptors (Lipinski definition) is 4. The number of fused-ring (bicyclic) bond motifs is 1. The summed E-state index contributed by atoms with van der Waals surface area (Å²) in [5, 5.41) is 0. The van der Waals surface area contributed by atoms with E-state index in [0.717, 1.165) is 24.2 Å². The average Bonchev–Trinajstić information content (AvgIpc) is 2.76. The number of nitrogens with two attached hydrogens (primary N) is 1. The maximum atomic E-state index is 12.8. The standard InChI is InChI=1S/C17H24N2O3.ClH/c1-21-16-7-6-12(10-14(16)18)17(20)19-8-9-22-15-5-3-2-4-13(15)11-19;/h2-5,12,14,16H,6-11,18H2,1H3;1H/t12-,14+,16+;/m0./s1. The lowest BCUT2D eigenvalue weighted by Gasteiger charge is -2.34. The minimum atomic E-state index is -0.0526. The lowest BCUT2D eigenvalue weighted by Crippen LogP contribution is -2.46. The fourth-order valence-corrected chi connectivity index (χ4v) is 3.47. The molecule has 23 heavy (non-hydrogen) atoms. The van der Waals surface area contributed by atoms with Crippen molar-refractivity contribution in [3.05, 3.63) is 29.8 Å². The van der Waals surface area contributed by atoms with Crippen molar-refractivity contribution in [2.45, 2.75) is 38.0 Å². The van der Waals surface area contributed by atoms with Gasteiger partial charge in [-0.1, -0.05) is 18.2 Å². The van der Waals surface area contributed by atoms with E-state index in [-0.39, 0.29) is 36.4 Å². The van der Waals surface area contributed by atoms with E-state index < -0.39 is 0 Å². The number of hydrogen-bond donors (Lipinski definition) is 1. The number of amides is 1. The first-order valence-electron chi connectivity index (χ1n) is 7.97. The van der Waals surface area contributed by atoms with Gasteiger partial charge in [0.1, 0.15) is 12.4 Å². The molecule has 1 aromatic carbocycles. The molecule has 1 fully saturated rings. The normalized spacial score (nSPS) is 27.2. The van der Waals surface area contributed by atoms with Crippen LogP contribution >= 0.6 is 12.4 Å². The topological polar surface area (TPSA) is 64.8 Å². The van der Waals surface area contributed by atoms with Crippen LogP contribution in [0.3, 0.4) is 0 Å². The van der Waals surface area contributed by atoms with E-state index in [2.05, 4.69) is 0 Å². The number of carbonyl (C=O) groups excluding carboxylic acids is 1. The van der Waals surface area contributed by atoms with Crippen LogP contribution in [0.1, 0.15) is 24.8 Å². The zero-order valence-corrected chi connectivity index (χ0v) is 14.3. The van der Waals surface area contributed by atoms with Gasteiger partial charge in [-0.2, -0.15) is 0 Å². The van der Waals surface area contributed by atoms with Crippen molar-refractivity contribution >= 4 is 18.3 Å². The smallest absolute Gasteiger partial charge is 0.226 e. The molecule has 1 heterocycles. The molecule has 0 aromatic heterocycles. The summed E-state index contributed by atoms with van der Waals surface area (Å²) in [6.45, 7) is 1.80. The molecule has 1 aliphatic carbocycles. The Labute approximate surface area is 143 Å². The van der Waals surface area contributed by atoms with E-state index in [4.69, 9.17) is 15.2 Å². The molecule has 3 rings (SSSR count). The highest BCUT2D eigenvalue weighted by molar-refractivity contribution is 5.85. The fraction of sp³-hybridized carbons (Fsp3) is 0.588. The summed E-state index contributed by atoms with van der Waals surface area (Å²) in [4.78, 5) is 14.7. The molecule has 128 valence electrons. The van der Waals surface area contributed by atoms with Crippen LogP contribution in [0.5, 0.6) is 5.75 Å². The molecule has 0 bridgehead atoms. The first kappa shape index (κ1) is 18.0. The van der Waals surface area contributed by atoms with Crippen molar-refractivity contribution in [2.24, 2.45) is 11.7 Å². The third-order valence-corrected chi connectivity index (χ3v) is 4.75. The Morgan fingerprint density at radius 3 is 2.87 bits per heavy atom. The second-order valence-corrected chi connectivity index (χ2v) is 6.16. The monoisotopic (exact) mass is 340 g/mol. The van der Waals surface area contributed by atoms with Gasteiger partial charge in [-0.05, 0) is 25.3 Å². The number of halogens is 1. The number of rotatable bonds is 2. The highest BCUT2D eigenvalue weighted by atomic mass is 35.5. The Balaban J connectivity index is 0.00000192. The van der Waals surface area contributed by atoms with E-state index in [1.807, 2.05) is 29.2 Å². The summed E-state index contributed by atoms with van der Waals surface area (Å²) in [5.41, 5.74) is 7.21. The fourth-order valence-electron chi connectivity index (χ4n) is 3.47. The Bertz CT molecular complexity index is 540. The largest absolute Gasteiger partial charge is 0.491 e. The number of para-hydroxylation sites is 1. The van der Waals surface area contributed by atoms with Gasteiger partial charge in [0.05, 0.1) is 12.6 Å². The van der Waals surface area contributed by atoms with Crippen molar-refractivity contribution in [3.63, 3.8) is 0 Å². The van der Waals surface area contributed by atoms with Gasteiger partial charge in [0.15, 0.2) is 0 Å². The zero-order chi connectivity index (χ0) is 15.5. The molecule has 1 aliphatic heterocycles. The van der Waals surface area contributed by atoms with Gasteiger partial charge in [-0.25, -0.2) is 0 Å². The predicted molar refractivity (Wildman–Crippen MR) is 90.7 cm³/mol. The number of carbonyl (C=O) groups is 1. The maximum Gasteiger partial charge on any atom is 0.226 e. The Morgan fingerprint density at radius 2 is 2.13 bits per heavy atom. The third-order valence-electron chi connectivity index (χ3n) is 4.75. The summed E-state index contributed by atoms with van der Waals surface area (Å²) in [6, 6.07) is 7.87. The summed E-state index contributed by atoms with van der Waals surface area (Å²) in [5.74, 6) is 1.09. The predicted octanol–water partition coefficient (Wildman–Crippen LogP) is 1.97. The molecule has 0 saturated heterocycles. The average molecular weight is 341 g/mol. The van der Waals surface area contributed by atoms with Crippen LogP contribution in [-0.4, -0.2) is 43.2 Å². The summed E-state index contributed by atoms with van der Waals surface area (Å²) < 4.78 is 11.1. The quantitative estimate of drug-likeness (QED) is 0.894. The molecule has 2 N–H and O–H groups in total. The molecule has 5 nitrogen and oxygen atoms in total. The second kappa shape index (κ2) is 7.99. The van der Waals surface area contributed by atoms with E-state index in [1.54, 1.807) is 7.11 Å². The van der Waals surface area contributed by atoms with Gasteiger partial charge in [0.25, 0.3) is 0 Å². The SMILES string of the molecule is CO[C@@H]1CC[C@H](C(=O)N2CCOc3ccccc3C2)C[C@H]1N.Cl. The number of ether oxygens (including phenoxy) is 2. The van der Waals surface area contributed by atoms with E-state index >= 15 is 0 Å². The molecular weight excluding hydrogens is 316 g/mol. The van der Waals surface area contributed by atoms with Crippen LogP contribution in [0.4, 0.5) is 0 Å². The molecule has 0 unspecified atom stereocenters. The van der Waals surface area contributed by atoms with E-state index in [0.29, 0.717) is 26.1 Å². The van der Waals surface area contributed by atoms with Crippen LogP contribution in [-0.2, 0) is 16.1 Å². The summed E-state index contributed by atoms with van der Waals surface area (Å²) in [7, 11) is 1.69. The van der Waals surface area contributed by atoms with Crippen LogP contribution < -0.4 is 10.5 Å². The molecule has 2 aliphatic rings. The van der Waals surface area contributed by atoms with Gasteiger partial charge in [-0.15, -0.1) is 12.4 Å². The van der Waals surface area contributed by atoms with Gasteiger partial charge in [0, 0.05) is 31.2 Å². The Hall–Kier alpha value is -1.30. The second-order valence-electron chi connectivity index (χ2n) is 6.16. The van der Waals surface area contributed by atoms with Gasteiger partial charge in [-0.3, -0.25) is 4.79 Å². The van der Waals surface area contributed by atoms with Crippen molar-refractivity contribution in [2.75, 3.05) is 20.3 Å². The van der Waals surface area contributed by atoms with Gasteiger partial charge >= 0.3 is 0 Å². The van der Waals surface area contributed by atoms with Crippen molar-refractivity contribution in [3.8, 4) is 5.75 Å². The van der Waals surface area contributed by atoms with Crippen molar-refractivity contribution < 1.29 is 14.3 Å². The lowest BCUT2D eigenvalue weighted by molar-refractivity contribution is -0.138. The van der Waals surface area contributed by atoms with Gasteiger partial charge < -0.3 is 20.1 Å². The first-order chi connectivity index (χ1) is 10.7. The number of benzene rings is 1. The highest BCUT2D eigenvalue weighted by Gasteiger charge is 2.34. The summed E-state index contributed by atoms with van der Waals surface area (Å²) in [6.07, 6.45) is 2.49. The Kier molecular flexibility index (Phi) is 6.27. The summed E-state index contributed by atoms with van der Waals surface area (Å²) >= 11 is 0. The maximum absolute atomic E-state index is 12.8. The number of nitrogens with zero attached hydrogens (tertiary/aromatic N) is 1. The minimum absolute atomic E-state index is 0. The van der Waals surface area contributed by atoms with Gasteiger partial charge in [0.2, 0.25) is 5.91 Å². The molecule has 1 aromatic rings. The Morgan fingerprint density at radius 1 is 1.35 bits per heavy atom. The van der Waals surface area contributed by atoms with Crippen LogP contribution in [0.2, 0.25) is 0 Å². The van der Waals surface area contributed by atoms with Crippen molar-refractivity contribution in [1.82, 2.24) is 4.90 Å². The minimum Gasteiger partial charge on any atom is -0.491 e. The number of methoxy groups -OCH3 is 1. The van der Waals surface area contributed by atoms with E-state index in [9.17, 15) is 4.79 Å². The molecule has 3 atom stereocenters. The lowest BCUT2D eigenvalue weighted by atomic mass is 9.83. The van der Waals surface area contributed by atoms with Crippen LogP contribution in [0.25, 0.3) is 0 Å². The van der Waals surface area contributed by atoms with Crippen LogP contribution in [0.15, 0.2) is 24.3 Å². The molecule has 6 heteroatoms. The zero-order valence-electron chi connectivity index (χ0n) is 13.4. The van der Waals surface area contributed by atoms with Crippen molar-refractivity contribution in [1.29, 1.82) is 0 Å². The van der Waals surface area contributed by atoms with E-state index in [1.165, 1.54) is 0 Å². The third kappa shape index (κ3) is 3.97. The molecule has 1 saturated carbocycles. The van der Waals surface area contributed by atoms with Crippen LogP contribution in [0, 0.1) is 5.92 Å². The highest BCUT2D eigenvalue weighted by Crippen LogP contribution is 2.29. The molecule has 0 spiro atoms.